The number of aromatic nitrogens is 5. The monoisotopic (exact) mass is 417 g/mol. The highest BCUT2D eigenvalue weighted by Crippen LogP contribution is 2.42. The summed E-state index contributed by atoms with van der Waals surface area (Å²) in [5.41, 5.74) is 7.26. The summed E-state index contributed by atoms with van der Waals surface area (Å²) in [5, 5.41) is 16.2. The lowest BCUT2D eigenvalue weighted by molar-refractivity contribution is 0.134. The maximum atomic E-state index is 4.64. The predicted molar refractivity (Wildman–Crippen MR) is 120 cm³/mol. The number of hydrogen-bond acceptors (Lipinski definition) is 7. The zero-order valence-corrected chi connectivity index (χ0v) is 17.7. The minimum Gasteiger partial charge on any atom is -0.349 e. The third-order valence-corrected chi connectivity index (χ3v) is 7.65. The Morgan fingerprint density at radius 2 is 1.83 bits per heavy atom. The molecule has 6 rings (SSSR count). The van der Waals surface area contributed by atoms with Crippen molar-refractivity contribution in [2.75, 3.05) is 31.6 Å². The summed E-state index contributed by atoms with van der Waals surface area (Å²) >= 11 is 1.64. The smallest absolute Gasteiger partial charge is 0.151 e. The van der Waals surface area contributed by atoms with Crippen LogP contribution in [0, 0.1) is 0 Å². The van der Waals surface area contributed by atoms with Crippen LogP contribution < -0.4 is 4.90 Å². The van der Waals surface area contributed by atoms with Gasteiger partial charge in [0.2, 0.25) is 0 Å². The minimum absolute atomic E-state index is 0.292. The van der Waals surface area contributed by atoms with Crippen molar-refractivity contribution in [2.24, 2.45) is 0 Å². The van der Waals surface area contributed by atoms with E-state index in [-0.39, 0.29) is 0 Å². The van der Waals surface area contributed by atoms with Gasteiger partial charge in [-0.1, -0.05) is 12.1 Å². The van der Waals surface area contributed by atoms with Crippen molar-refractivity contribution in [1.29, 1.82) is 0 Å². The molecular formula is C22H23N7S. The van der Waals surface area contributed by atoms with Crippen LogP contribution in [0.4, 0.5) is 5.82 Å². The van der Waals surface area contributed by atoms with Crippen molar-refractivity contribution in [1.82, 2.24) is 30.3 Å². The second-order valence-corrected chi connectivity index (χ2v) is 9.24. The molecule has 1 N–H and O–H groups in total. The number of aromatic amines is 1. The number of anilines is 1. The largest absolute Gasteiger partial charge is 0.349 e. The highest BCUT2D eigenvalue weighted by molar-refractivity contribution is 7.17. The van der Waals surface area contributed by atoms with Gasteiger partial charge in [0.25, 0.3) is 0 Å². The van der Waals surface area contributed by atoms with E-state index in [1.54, 1.807) is 11.3 Å². The van der Waals surface area contributed by atoms with Gasteiger partial charge in [0, 0.05) is 48.1 Å². The van der Waals surface area contributed by atoms with Crippen molar-refractivity contribution in [3.63, 3.8) is 0 Å². The SMILES string of the molecule is CN1CCC2(CC1)CCN2c1ccc(-c2ccc(-c3cn[nH]c3)c3ncsc23)nn1. The van der Waals surface area contributed by atoms with E-state index in [1.807, 2.05) is 17.9 Å². The highest BCUT2D eigenvalue weighted by atomic mass is 32.1. The summed E-state index contributed by atoms with van der Waals surface area (Å²) < 4.78 is 1.13. The molecule has 5 heterocycles. The molecule has 2 saturated heterocycles. The number of H-pyrrole nitrogens is 1. The first kappa shape index (κ1) is 18.0. The van der Waals surface area contributed by atoms with Crippen molar-refractivity contribution in [3.05, 3.63) is 42.2 Å². The summed E-state index contributed by atoms with van der Waals surface area (Å²) in [6.07, 6.45) is 7.41. The van der Waals surface area contributed by atoms with Crippen LogP contribution in [-0.2, 0) is 0 Å². The molecule has 1 spiro atoms. The Morgan fingerprint density at radius 1 is 1.00 bits per heavy atom. The number of nitrogens with zero attached hydrogens (tertiary/aromatic N) is 6. The van der Waals surface area contributed by atoms with Gasteiger partial charge in [0.1, 0.15) is 0 Å². The van der Waals surface area contributed by atoms with E-state index in [0.717, 1.165) is 58.1 Å². The van der Waals surface area contributed by atoms with Gasteiger partial charge in [-0.2, -0.15) is 5.10 Å². The standard InChI is InChI=1S/C22H23N7S/c1-28-9-6-22(7-10-28)8-11-29(22)19-5-4-18(26-27-19)17-3-2-16(15-12-24-25-13-15)20-21(17)30-14-23-20/h2-5,12-14H,6-11H2,1H3,(H,24,25). The van der Waals surface area contributed by atoms with Crippen LogP contribution in [-0.4, -0.2) is 62.5 Å². The van der Waals surface area contributed by atoms with Crippen molar-refractivity contribution in [3.8, 4) is 22.4 Å². The average molecular weight is 418 g/mol. The number of thiazole rings is 1. The summed E-state index contributed by atoms with van der Waals surface area (Å²) in [6, 6.07) is 8.46. The number of hydrogen-bond donors (Lipinski definition) is 1. The van der Waals surface area contributed by atoms with Crippen molar-refractivity contribution >= 4 is 27.4 Å². The second kappa shape index (κ2) is 6.85. The van der Waals surface area contributed by atoms with Crippen LogP contribution in [0.15, 0.2) is 42.2 Å². The molecule has 2 aliphatic heterocycles. The molecule has 8 heteroatoms. The lowest BCUT2D eigenvalue weighted by Crippen LogP contribution is -2.64. The number of rotatable bonds is 3. The number of piperidine rings is 1. The quantitative estimate of drug-likeness (QED) is 0.546. The van der Waals surface area contributed by atoms with E-state index in [1.165, 1.54) is 19.3 Å². The van der Waals surface area contributed by atoms with Crippen LogP contribution >= 0.6 is 11.3 Å². The lowest BCUT2D eigenvalue weighted by Gasteiger charge is -2.56. The van der Waals surface area contributed by atoms with E-state index < -0.39 is 0 Å². The van der Waals surface area contributed by atoms with Gasteiger partial charge in [-0.15, -0.1) is 21.5 Å². The molecule has 0 aliphatic carbocycles. The Bertz CT molecular complexity index is 1170. The number of fused-ring (bicyclic) bond motifs is 1. The first-order chi connectivity index (χ1) is 14.7. The average Bonchev–Trinajstić information content (AvgIpc) is 3.46. The van der Waals surface area contributed by atoms with Gasteiger partial charge in [-0.05, 0) is 38.4 Å². The summed E-state index contributed by atoms with van der Waals surface area (Å²) in [6.45, 7) is 3.40. The molecule has 1 aromatic carbocycles. The van der Waals surface area contributed by atoms with Crippen molar-refractivity contribution in [2.45, 2.75) is 24.8 Å². The highest BCUT2D eigenvalue weighted by Gasteiger charge is 2.46. The van der Waals surface area contributed by atoms with Gasteiger partial charge in [0.05, 0.1) is 27.6 Å². The Labute approximate surface area is 178 Å². The Kier molecular flexibility index (Phi) is 4.10. The molecule has 2 aliphatic rings. The van der Waals surface area contributed by atoms with E-state index >= 15 is 0 Å². The van der Waals surface area contributed by atoms with Gasteiger partial charge in [0.15, 0.2) is 5.82 Å². The molecule has 0 bridgehead atoms. The maximum Gasteiger partial charge on any atom is 0.151 e. The normalized spacial score (nSPS) is 18.8. The number of benzene rings is 1. The van der Waals surface area contributed by atoms with Crippen LogP contribution in [0.1, 0.15) is 19.3 Å². The molecule has 4 aromatic rings. The lowest BCUT2D eigenvalue weighted by atomic mass is 9.76. The number of nitrogens with one attached hydrogen (secondary N) is 1. The number of likely N-dealkylation sites (tertiary alicyclic amines) is 1. The molecule has 30 heavy (non-hydrogen) atoms. The minimum atomic E-state index is 0.292. The van der Waals surface area contributed by atoms with E-state index in [0.29, 0.717) is 5.54 Å². The fourth-order valence-corrected chi connectivity index (χ4v) is 5.69. The van der Waals surface area contributed by atoms with Gasteiger partial charge < -0.3 is 9.80 Å². The summed E-state index contributed by atoms with van der Waals surface area (Å²) in [7, 11) is 2.21. The summed E-state index contributed by atoms with van der Waals surface area (Å²) in [4.78, 5) is 9.50. The molecule has 0 radical (unpaired) electrons. The molecule has 152 valence electrons. The zero-order valence-electron chi connectivity index (χ0n) is 16.9. The van der Waals surface area contributed by atoms with Crippen LogP contribution in [0.3, 0.4) is 0 Å². The van der Waals surface area contributed by atoms with Gasteiger partial charge in [-0.25, -0.2) is 4.98 Å². The molecule has 2 fully saturated rings. The zero-order chi connectivity index (χ0) is 20.1. The molecule has 0 unspecified atom stereocenters. The molecular weight excluding hydrogens is 394 g/mol. The fourth-order valence-electron chi connectivity index (χ4n) is 4.85. The Balaban J connectivity index is 1.32. The van der Waals surface area contributed by atoms with E-state index in [4.69, 9.17) is 0 Å². The molecule has 3 aromatic heterocycles. The molecule has 0 atom stereocenters. The third kappa shape index (κ3) is 2.74. The van der Waals surface area contributed by atoms with E-state index in [2.05, 4.69) is 66.5 Å². The van der Waals surface area contributed by atoms with Gasteiger partial charge in [-0.3, -0.25) is 5.10 Å². The maximum absolute atomic E-state index is 4.64. The van der Waals surface area contributed by atoms with Crippen molar-refractivity contribution < 1.29 is 0 Å². The Hall–Kier alpha value is -2.84. The second-order valence-electron chi connectivity index (χ2n) is 8.38. The summed E-state index contributed by atoms with van der Waals surface area (Å²) in [5.74, 6) is 1.00. The molecule has 0 amide bonds. The molecule has 0 saturated carbocycles. The Morgan fingerprint density at radius 3 is 2.53 bits per heavy atom. The fraction of sp³-hybridized carbons (Fsp3) is 0.364. The van der Waals surface area contributed by atoms with Crippen LogP contribution in [0.2, 0.25) is 0 Å². The van der Waals surface area contributed by atoms with Crippen LogP contribution in [0.5, 0.6) is 0 Å². The first-order valence-corrected chi connectivity index (χ1v) is 11.3. The van der Waals surface area contributed by atoms with E-state index in [9.17, 15) is 0 Å². The van der Waals surface area contributed by atoms with Crippen LogP contribution in [0.25, 0.3) is 32.6 Å². The third-order valence-electron chi connectivity index (χ3n) is 6.79. The molecule has 7 nitrogen and oxygen atoms in total. The van der Waals surface area contributed by atoms with Gasteiger partial charge >= 0.3 is 0 Å². The topological polar surface area (TPSA) is 73.8 Å². The predicted octanol–water partition coefficient (Wildman–Crippen LogP) is 3.82. The first-order valence-electron chi connectivity index (χ1n) is 10.4.